The molecular weight excluding hydrogens is 384 g/mol. The summed E-state index contributed by atoms with van der Waals surface area (Å²) in [7, 11) is 0. The molecule has 0 radical (unpaired) electrons. The highest BCUT2D eigenvalue weighted by molar-refractivity contribution is 5.56. The van der Waals surface area contributed by atoms with Gasteiger partial charge in [0.1, 0.15) is 0 Å². The van der Waals surface area contributed by atoms with Crippen LogP contribution >= 0.6 is 0 Å². The van der Waals surface area contributed by atoms with E-state index in [0.717, 1.165) is 47.3 Å². The van der Waals surface area contributed by atoms with Crippen molar-refractivity contribution in [2.24, 2.45) is 47.3 Å². The molecule has 4 bridgehead atoms. The van der Waals surface area contributed by atoms with E-state index in [0.29, 0.717) is 10.8 Å². The third-order valence-electron chi connectivity index (χ3n) is 12.9. The molecule has 7 rings (SSSR count). The normalized spacial score (nSPS) is 50.4. The summed E-state index contributed by atoms with van der Waals surface area (Å²) in [4.78, 5) is 0. The van der Waals surface area contributed by atoms with Gasteiger partial charge in [-0.2, -0.15) is 0 Å². The predicted octanol–water partition coefficient (Wildman–Crippen LogP) is 8.35. The molecule has 1 aromatic rings. The molecule has 6 fully saturated rings. The Kier molecular flexibility index (Phi) is 4.15. The number of hydrogen-bond acceptors (Lipinski definition) is 0. The lowest BCUT2D eigenvalue weighted by Gasteiger charge is -2.49. The Bertz CT molecular complexity index is 897. The van der Waals surface area contributed by atoms with Crippen molar-refractivity contribution < 1.29 is 0 Å². The van der Waals surface area contributed by atoms with Crippen LogP contribution in [0.2, 0.25) is 0 Å². The fourth-order valence-electron chi connectivity index (χ4n) is 11.9. The van der Waals surface area contributed by atoms with Crippen molar-refractivity contribution in [2.75, 3.05) is 0 Å². The molecular formula is C32H46. The minimum absolute atomic E-state index is 0.401. The smallest absolute Gasteiger partial charge is 0.00644 e. The molecule has 0 saturated heterocycles. The van der Waals surface area contributed by atoms with Crippen LogP contribution in [0.15, 0.2) is 0 Å². The molecule has 6 saturated carbocycles. The summed E-state index contributed by atoms with van der Waals surface area (Å²) in [5.74, 6) is 8.46. The summed E-state index contributed by atoms with van der Waals surface area (Å²) in [6, 6.07) is 0. The topological polar surface area (TPSA) is 0 Å². The van der Waals surface area contributed by atoms with Gasteiger partial charge in [-0.1, -0.05) is 13.8 Å². The van der Waals surface area contributed by atoms with Crippen molar-refractivity contribution >= 4 is 0 Å². The Morgan fingerprint density at radius 1 is 0.469 bits per heavy atom. The van der Waals surface area contributed by atoms with E-state index in [2.05, 4.69) is 41.5 Å². The van der Waals surface area contributed by atoms with E-state index in [9.17, 15) is 0 Å². The molecule has 32 heavy (non-hydrogen) atoms. The second-order valence-corrected chi connectivity index (χ2v) is 14.7. The molecule has 1 aromatic carbocycles. The van der Waals surface area contributed by atoms with Gasteiger partial charge < -0.3 is 0 Å². The maximum absolute atomic E-state index is 2.70. The second kappa shape index (κ2) is 6.46. The zero-order chi connectivity index (χ0) is 22.2. The summed E-state index contributed by atoms with van der Waals surface area (Å²) in [6.45, 7) is 15.4. The Morgan fingerprint density at radius 3 is 1.34 bits per heavy atom. The van der Waals surface area contributed by atoms with E-state index in [1.165, 1.54) is 25.7 Å². The van der Waals surface area contributed by atoms with Crippen LogP contribution in [0.4, 0.5) is 0 Å². The minimum atomic E-state index is 0.401. The molecule has 10 unspecified atom stereocenters. The lowest BCUT2D eigenvalue weighted by atomic mass is 9.56. The lowest BCUT2D eigenvalue weighted by molar-refractivity contribution is 0.0681. The van der Waals surface area contributed by atoms with Gasteiger partial charge in [0.15, 0.2) is 0 Å². The molecule has 6 aliphatic carbocycles. The summed E-state index contributed by atoms with van der Waals surface area (Å²) in [5, 5.41) is 0. The molecule has 0 amide bonds. The van der Waals surface area contributed by atoms with Crippen LogP contribution in [-0.4, -0.2) is 0 Å². The second-order valence-electron chi connectivity index (χ2n) is 14.7. The Labute approximate surface area is 197 Å². The van der Waals surface area contributed by atoms with Crippen LogP contribution in [0.25, 0.3) is 0 Å². The summed E-state index contributed by atoms with van der Waals surface area (Å²) in [5.41, 5.74) is 11.1. The van der Waals surface area contributed by atoms with Gasteiger partial charge in [-0.15, -0.1) is 0 Å². The van der Waals surface area contributed by atoms with E-state index >= 15 is 0 Å². The molecule has 0 spiro atoms. The van der Waals surface area contributed by atoms with Crippen LogP contribution in [0.1, 0.15) is 111 Å². The van der Waals surface area contributed by atoms with Crippen LogP contribution in [0, 0.1) is 75.0 Å². The van der Waals surface area contributed by atoms with E-state index in [1.54, 1.807) is 60.8 Å². The zero-order valence-corrected chi connectivity index (χ0v) is 21.7. The first-order valence-corrected chi connectivity index (χ1v) is 14.3. The number of hydrogen-bond donors (Lipinski definition) is 0. The molecule has 0 nitrogen and oxygen atoms in total. The van der Waals surface area contributed by atoms with Crippen molar-refractivity contribution in [3.05, 3.63) is 33.4 Å². The van der Waals surface area contributed by atoms with Crippen molar-refractivity contribution in [1.29, 1.82) is 0 Å². The SMILES string of the molecule is Cc1c(C)c(C2(C)CC3CC4CC(C2)C4C3)c(C)c(C2(C)CC3CC4CC(C2)C4C3)c1C. The number of rotatable bonds is 2. The Hall–Kier alpha value is -0.780. The lowest BCUT2D eigenvalue weighted by Crippen LogP contribution is -2.41. The van der Waals surface area contributed by atoms with E-state index in [4.69, 9.17) is 0 Å². The van der Waals surface area contributed by atoms with Crippen LogP contribution in [0.3, 0.4) is 0 Å². The molecule has 10 atom stereocenters. The third-order valence-corrected chi connectivity index (χ3v) is 12.9. The molecule has 0 aliphatic heterocycles. The third kappa shape index (κ3) is 2.57. The van der Waals surface area contributed by atoms with Gasteiger partial charge in [-0.05, 0) is 183 Å². The van der Waals surface area contributed by atoms with Gasteiger partial charge >= 0.3 is 0 Å². The molecule has 174 valence electrons. The zero-order valence-electron chi connectivity index (χ0n) is 21.7. The summed E-state index contributed by atoms with van der Waals surface area (Å²) in [6.07, 6.45) is 15.2. The van der Waals surface area contributed by atoms with Crippen molar-refractivity contribution in [3.8, 4) is 0 Å². The Balaban J connectivity index is 1.36. The average molecular weight is 431 g/mol. The first-order chi connectivity index (χ1) is 15.2. The minimum Gasteiger partial charge on any atom is -0.0555 e. The van der Waals surface area contributed by atoms with Gasteiger partial charge in [-0.3, -0.25) is 0 Å². The quantitative estimate of drug-likeness (QED) is 0.442. The molecule has 0 N–H and O–H groups in total. The van der Waals surface area contributed by atoms with Crippen molar-refractivity contribution in [1.82, 2.24) is 0 Å². The van der Waals surface area contributed by atoms with Gasteiger partial charge in [0.2, 0.25) is 0 Å². The standard InChI is InChI=1S/C32H46/c1-17-18(2)29(31(5)13-21-7-23-11-25(15-31)27(23)9-21)20(4)30(19(17)3)32(6)14-22-8-24-12-26(16-32)28(24)10-22/h21-28H,7-16H2,1-6H3. The number of benzene rings is 1. The number of fused-ring (bicyclic) bond motifs is 2. The largest absolute Gasteiger partial charge is 0.0555 e. The van der Waals surface area contributed by atoms with Gasteiger partial charge in [0.05, 0.1) is 0 Å². The average Bonchev–Trinajstić information content (AvgIpc) is 3.10. The molecule has 0 heteroatoms. The van der Waals surface area contributed by atoms with E-state index in [1.807, 2.05) is 11.1 Å². The van der Waals surface area contributed by atoms with E-state index < -0.39 is 0 Å². The fourth-order valence-corrected chi connectivity index (χ4v) is 11.9. The first-order valence-electron chi connectivity index (χ1n) is 14.3. The van der Waals surface area contributed by atoms with Crippen LogP contribution in [0.5, 0.6) is 0 Å². The highest BCUT2D eigenvalue weighted by atomic mass is 14.6. The first kappa shape index (κ1) is 20.6. The highest BCUT2D eigenvalue weighted by Gasteiger charge is 2.56. The van der Waals surface area contributed by atoms with Gasteiger partial charge in [-0.25, -0.2) is 0 Å². The van der Waals surface area contributed by atoms with Crippen LogP contribution < -0.4 is 0 Å². The van der Waals surface area contributed by atoms with Crippen molar-refractivity contribution in [2.45, 2.75) is 117 Å². The molecule has 0 aromatic heterocycles. The van der Waals surface area contributed by atoms with Crippen molar-refractivity contribution in [3.63, 3.8) is 0 Å². The van der Waals surface area contributed by atoms with Gasteiger partial charge in [0, 0.05) is 0 Å². The predicted molar refractivity (Wildman–Crippen MR) is 134 cm³/mol. The van der Waals surface area contributed by atoms with E-state index in [-0.39, 0.29) is 0 Å². The monoisotopic (exact) mass is 430 g/mol. The maximum atomic E-state index is 2.70. The summed E-state index contributed by atoms with van der Waals surface area (Å²) >= 11 is 0. The molecule has 0 heterocycles. The van der Waals surface area contributed by atoms with Gasteiger partial charge in [0.25, 0.3) is 0 Å². The maximum Gasteiger partial charge on any atom is -0.00644 e. The fraction of sp³-hybridized carbons (Fsp3) is 0.812. The van der Waals surface area contributed by atoms with Crippen LogP contribution in [-0.2, 0) is 10.8 Å². The highest BCUT2D eigenvalue weighted by Crippen LogP contribution is 2.65. The molecule has 6 aliphatic rings. The summed E-state index contributed by atoms with van der Waals surface area (Å²) < 4.78 is 0. The Morgan fingerprint density at radius 2 is 0.906 bits per heavy atom.